The number of aromatic hydroxyl groups is 1. The van der Waals surface area contributed by atoms with Gasteiger partial charge in [0, 0.05) is 22.2 Å². The van der Waals surface area contributed by atoms with Crippen molar-refractivity contribution in [1.82, 2.24) is 35.1 Å². The summed E-state index contributed by atoms with van der Waals surface area (Å²) in [5.41, 5.74) is 9.74. The highest BCUT2D eigenvalue weighted by molar-refractivity contribution is 14.1. The quantitative estimate of drug-likeness (QED) is 0.0446. The summed E-state index contributed by atoms with van der Waals surface area (Å²) in [5, 5.41) is 33.8. The molecule has 0 bridgehead atoms. The summed E-state index contributed by atoms with van der Waals surface area (Å²) < 4.78 is 5.19. The molecule has 3 aromatic heterocycles. The summed E-state index contributed by atoms with van der Waals surface area (Å²) in [5.74, 6) is 0.644. The van der Waals surface area contributed by atoms with Crippen molar-refractivity contribution in [3.8, 4) is 5.75 Å². The minimum atomic E-state index is -1.01. The lowest BCUT2D eigenvalue weighted by Crippen LogP contribution is -2.39. The van der Waals surface area contributed by atoms with Gasteiger partial charge >= 0.3 is 0 Å². The van der Waals surface area contributed by atoms with Crippen LogP contribution in [0.25, 0.3) is 11.2 Å². The monoisotopic (exact) mass is 1060 g/mol. The standard InChI is InChI=1S/C63H53IN8O/c64-55-35-19-21-46(39-55)42-65-38-37-57(48-43-66-71(45-48)44-47-22-20-36-56(73)40-47)58-41-59(68-62(49-23-7-1-8-24-49,50-25-9-2-10-26-50)51-27-11-3-12-28-51)67-61-60(58)69-70-72(61)63(52-29-13-4-14-30-52,53-31-15-5-16-32-53)54-33-17-6-18-34-54/h1-36,39-41,43,45,57,65,73H,37-38,42,44H2,(H,67,68). The van der Waals surface area contributed by atoms with Crippen molar-refractivity contribution in [2.75, 3.05) is 11.9 Å². The maximum absolute atomic E-state index is 10.4. The van der Waals surface area contributed by atoms with E-state index in [4.69, 9.17) is 20.4 Å². The Hall–Kier alpha value is -8.19. The first kappa shape index (κ1) is 47.2. The molecule has 11 aromatic rings. The zero-order chi connectivity index (χ0) is 49.5. The first-order chi connectivity index (χ1) is 36.0. The molecular formula is C63H53IN8O. The zero-order valence-electron chi connectivity index (χ0n) is 40.1. The predicted molar refractivity (Wildman–Crippen MR) is 300 cm³/mol. The second-order valence-corrected chi connectivity index (χ2v) is 19.6. The molecule has 9 nitrogen and oxygen atoms in total. The van der Waals surface area contributed by atoms with Crippen molar-refractivity contribution in [3.05, 3.63) is 308 Å². The van der Waals surface area contributed by atoms with Crippen LogP contribution in [0.4, 0.5) is 5.82 Å². The third-order valence-electron chi connectivity index (χ3n) is 13.8. The van der Waals surface area contributed by atoms with Crippen LogP contribution in [0.2, 0.25) is 0 Å². The van der Waals surface area contributed by atoms with E-state index in [1.165, 1.54) is 9.13 Å². The number of rotatable bonds is 18. The third-order valence-corrected chi connectivity index (χ3v) is 14.5. The molecular weight excluding hydrogens is 1010 g/mol. The molecule has 0 radical (unpaired) electrons. The number of phenolic OH excluding ortho intramolecular Hbond substituents is 1. The van der Waals surface area contributed by atoms with Gasteiger partial charge in [0.1, 0.15) is 28.2 Å². The Morgan fingerprint density at radius 1 is 0.562 bits per heavy atom. The average molecular weight is 1070 g/mol. The van der Waals surface area contributed by atoms with Crippen LogP contribution in [-0.2, 0) is 24.2 Å². The SMILES string of the molecule is Oc1cccc(Cn2cc(C(CCNCc3cccc(I)c3)c3cc(NC(c4ccccc4)(c4ccccc4)c4ccccc4)nc4c3nnn4C(c3ccccc3)(c3ccccc3)c3ccccc3)cn2)c1. The summed E-state index contributed by atoms with van der Waals surface area (Å²) in [6.45, 7) is 1.90. The summed E-state index contributed by atoms with van der Waals surface area (Å²) in [6.07, 6.45) is 4.80. The van der Waals surface area contributed by atoms with Crippen molar-refractivity contribution in [2.45, 2.75) is 36.5 Å². The Morgan fingerprint density at radius 3 is 1.62 bits per heavy atom. The zero-order valence-corrected chi connectivity index (χ0v) is 42.2. The molecule has 0 saturated carbocycles. The Balaban J connectivity index is 1.17. The summed E-state index contributed by atoms with van der Waals surface area (Å²) in [6, 6.07) is 81.7. The molecule has 11 rings (SSSR count). The van der Waals surface area contributed by atoms with Crippen LogP contribution in [0.15, 0.2) is 249 Å². The van der Waals surface area contributed by atoms with Gasteiger partial charge in [-0.2, -0.15) is 5.10 Å². The predicted octanol–water partition coefficient (Wildman–Crippen LogP) is 12.9. The van der Waals surface area contributed by atoms with E-state index in [0.717, 1.165) is 56.6 Å². The van der Waals surface area contributed by atoms with Gasteiger partial charge in [-0.15, -0.1) is 5.10 Å². The van der Waals surface area contributed by atoms with Crippen LogP contribution in [0, 0.1) is 3.57 Å². The van der Waals surface area contributed by atoms with Crippen molar-refractivity contribution in [2.24, 2.45) is 0 Å². The number of pyridine rings is 1. The lowest BCUT2D eigenvalue weighted by molar-refractivity contribution is 0.457. The fourth-order valence-corrected chi connectivity index (χ4v) is 11.1. The van der Waals surface area contributed by atoms with E-state index in [-0.39, 0.29) is 11.7 Å². The van der Waals surface area contributed by atoms with E-state index in [2.05, 4.69) is 252 Å². The van der Waals surface area contributed by atoms with Crippen LogP contribution >= 0.6 is 22.6 Å². The molecule has 0 aliphatic rings. The van der Waals surface area contributed by atoms with Crippen molar-refractivity contribution < 1.29 is 5.11 Å². The number of nitrogens with one attached hydrogen (secondary N) is 2. The third kappa shape index (κ3) is 9.55. The highest BCUT2D eigenvalue weighted by Crippen LogP contribution is 2.45. The number of phenols is 1. The maximum Gasteiger partial charge on any atom is 0.182 e. The molecule has 10 heteroatoms. The second-order valence-electron chi connectivity index (χ2n) is 18.3. The average Bonchev–Trinajstić information content (AvgIpc) is 4.10. The van der Waals surface area contributed by atoms with E-state index in [0.29, 0.717) is 36.5 Å². The molecule has 0 saturated heterocycles. The van der Waals surface area contributed by atoms with Gasteiger partial charge in [0.15, 0.2) is 5.65 Å². The number of anilines is 1. The fourth-order valence-electron chi connectivity index (χ4n) is 10.5. The van der Waals surface area contributed by atoms with Gasteiger partial charge in [-0.3, -0.25) is 4.68 Å². The normalized spacial score (nSPS) is 12.2. The van der Waals surface area contributed by atoms with Crippen LogP contribution < -0.4 is 10.6 Å². The molecule has 1 unspecified atom stereocenters. The van der Waals surface area contributed by atoms with Gasteiger partial charge in [0.25, 0.3) is 0 Å². The number of hydrogen-bond acceptors (Lipinski definition) is 7. The van der Waals surface area contributed by atoms with Gasteiger partial charge in [0.2, 0.25) is 0 Å². The highest BCUT2D eigenvalue weighted by atomic mass is 127. The first-order valence-electron chi connectivity index (χ1n) is 24.6. The number of hydrogen-bond donors (Lipinski definition) is 3. The molecule has 358 valence electrons. The van der Waals surface area contributed by atoms with Gasteiger partial charge < -0.3 is 15.7 Å². The molecule has 73 heavy (non-hydrogen) atoms. The Bertz CT molecular complexity index is 3360. The van der Waals surface area contributed by atoms with Crippen LogP contribution in [-0.4, -0.2) is 41.4 Å². The minimum absolute atomic E-state index is 0.222. The Labute approximate surface area is 439 Å². The maximum atomic E-state index is 10.4. The van der Waals surface area contributed by atoms with E-state index < -0.39 is 11.1 Å². The lowest BCUT2D eigenvalue weighted by atomic mass is 9.76. The van der Waals surface area contributed by atoms with Crippen LogP contribution in [0.1, 0.15) is 68.0 Å². The number of nitrogens with zero attached hydrogens (tertiary/aromatic N) is 6. The number of fused-ring (bicyclic) bond motifs is 1. The van der Waals surface area contributed by atoms with E-state index in [9.17, 15) is 5.11 Å². The smallest absolute Gasteiger partial charge is 0.182 e. The first-order valence-corrected chi connectivity index (χ1v) is 25.7. The fraction of sp³-hybridized carbons (Fsp3) is 0.111. The molecule has 0 fully saturated rings. The van der Waals surface area contributed by atoms with Gasteiger partial charge in [-0.1, -0.05) is 211 Å². The Kier molecular flexibility index (Phi) is 13.7. The van der Waals surface area contributed by atoms with E-state index in [1.54, 1.807) is 12.1 Å². The van der Waals surface area contributed by atoms with Crippen LogP contribution in [0.3, 0.4) is 0 Å². The van der Waals surface area contributed by atoms with Gasteiger partial charge in [-0.05, 0) is 122 Å². The van der Waals surface area contributed by atoms with Gasteiger partial charge in [-0.25, -0.2) is 9.67 Å². The van der Waals surface area contributed by atoms with Crippen molar-refractivity contribution in [1.29, 1.82) is 0 Å². The molecule has 3 N–H and O–H groups in total. The number of benzene rings is 8. The molecule has 0 aliphatic carbocycles. The number of halogens is 1. The van der Waals surface area contributed by atoms with Gasteiger partial charge in [0.05, 0.1) is 12.7 Å². The molecule has 0 amide bonds. The molecule has 1 atom stereocenters. The topological polar surface area (TPSA) is 106 Å². The minimum Gasteiger partial charge on any atom is -0.508 e. The summed E-state index contributed by atoms with van der Waals surface area (Å²) in [7, 11) is 0. The molecule has 3 heterocycles. The highest BCUT2D eigenvalue weighted by Gasteiger charge is 2.43. The summed E-state index contributed by atoms with van der Waals surface area (Å²) >= 11 is 2.38. The summed E-state index contributed by atoms with van der Waals surface area (Å²) in [4.78, 5) is 5.76. The van der Waals surface area contributed by atoms with E-state index >= 15 is 0 Å². The largest absolute Gasteiger partial charge is 0.508 e. The molecule has 0 aliphatic heterocycles. The van der Waals surface area contributed by atoms with Crippen molar-refractivity contribution in [3.63, 3.8) is 0 Å². The van der Waals surface area contributed by atoms with Crippen molar-refractivity contribution >= 4 is 39.6 Å². The second kappa shape index (κ2) is 21.3. The lowest BCUT2D eigenvalue weighted by Gasteiger charge is -2.38. The van der Waals surface area contributed by atoms with E-state index in [1.807, 2.05) is 27.7 Å². The molecule has 0 spiro atoms. The molecule has 8 aromatic carbocycles. The number of aromatic nitrogens is 6. The Morgan fingerprint density at radius 2 is 1.08 bits per heavy atom. The van der Waals surface area contributed by atoms with Crippen LogP contribution in [0.5, 0.6) is 5.75 Å².